The van der Waals surface area contributed by atoms with Crippen LogP contribution in [0.1, 0.15) is 21.1 Å². The third kappa shape index (κ3) is 3.55. The summed E-state index contributed by atoms with van der Waals surface area (Å²) in [5, 5.41) is 14.6. The maximum Gasteiger partial charge on any atom is 0.337 e. The lowest BCUT2D eigenvalue weighted by atomic mass is 10.1. The van der Waals surface area contributed by atoms with Crippen molar-refractivity contribution in [2.75, 3.05) is 5.32 Å². The normalized spacial score (nSPS) is 10.3. The van der Waals surface area contributed by atoms with Gasteiger partial charge in [0.1, 0.15) is 0 Å². The molecule has 0 radical (unpaired) electrons. The third-order valence-electron chi connectivity index (χ3n) is 2.49. The van der Waals surface area contributed by atoms with Crippen LogP contribution >= 0.6 is 22.9 Å². The Morgan fingerprint density at radius 1 is 1.45 bits per heavy atom. The molecule has 7 heteroatoms. The fourth-order valence-corrected chi connectivity index (χ4v) is 2.44. The molecule has 0 atom stereocenters. The fourth-order valence-electron chi connectivity index (χ4n) is 1.65. The molecule has 0 aliphatic carbocycles. The van der Waals surface area contributed by atoms with Gasteiger partial charge in [-0.3, -0.25) is 4.79 Å². The minimum Gasteiger partial charge on any atom is -0.478 e. The van der Waals surface area contributed by atoms with Crippen LogP contribution in [0.2, 0.25) is 5.02 Å². The molecule has 20 heavy (non-hydrogen) atoms. The number of aromatic carboxylic acids is 1. The van der Waals surface area contributed by atoms with E-state index in [-0.39, 0.29) is 23.6 Å². The number of rotatable bonds is 4. The van der Waals surface area contributed by atoms with Gasteiger partial charge in [0.15, 0.2) is 0 Å². The molecule has 1 amide bonds. The number of carbonyl (C=O) groups excluding carboxylic acids is 1. The average molecular weight is 311 g/mol. The van der Waals surface area contributed by atoms with Gasteiger partial charge >= 0.3 is 5.97 Å². The molecular weight excluding hydrogens is 300 g/mol. The largest absolute Gasteiger partial charge is 0.478 e. The maximum absolute atomic E-state index is 11.9. The first-order valence-electron chi connectivity index (χ1n) is 5.69. The molecule has 1 aromatic carbocycles. The highest BCUT2D eigenvalue weighted by Gasteiger charge is 2.14. The highest BCUT2D eigenvalue weighted by Crippen LogP contribution is 2.21. The van der Waals surface area contributed by atoms with E-state index in [2.05, 4.69) is 10.3 Å². The Balaban J connectivity index is 2.15. The molecule has 2 rings (SSSR count). The van der Waals surface area contributed by atoms with Gasteiger partial charge in [0.05, 0.1) is 28.4 Å². The molecule has 0 saturated heterocycles. The van der Waals surface area contributed by atoms with Crippen LogP contribution in [0.4, 0.5) is 5.69 Å². The van der Waals surface area contributed by atoms with Gasteiger partial charge in [-0.05, 0) is 25.1 Å². The predicted octanol–water partition coefficient (Wildman–Crippen LogP) is 2.98. The van der Waals surface area contributed by atoms with Gasteiger partial charge in [-0.1, -0.05) is 11.6 Å². The molecule has 5 nitrogen and oxygen atoms in total. The lowest BCUT2D eigenvalue weighted by molar-refractivity contribution is -0.115. The van der Waals surface area contributed by atoms with Gasteiger partial charge in [-0.2, -0.15) is 0 Å². The van der Waals surface area contributed by atoms with E-state index in [0.29, 0.717) is 10.7 Å². The van der Waals surface area contributed by atoms with E-state index in [1.54, 1.807) is 5.38 Å². The SMILES string of the molecule is Cc1nc(CC(=O)Nc2cc(Cl)ccc2C(=O)O)cs1. The summed E-state index contributed by atoms with van der Waals surface area (Å²) in [6.07, 6.45) is 0.0932. The van der Waals surface area contributed by atoms with Crippen molar-refractivity contribution in [1.82, 2.24) is 4.98 Å². The molecule has 0 aliphatic heterocycles. The van der Waals surface area contributed by atoms with Crippen molar-refractivity contribution in [1.29, 1.82) is 0 Å². The first-order valence-corrected chi connectivity index (χ1v) is 6.95. The van der Waals surface area contributed by atoms with E-state index in [1.165, 1.54) is 29.5 Å². The van der Waals surface area contributed by atoms with Crippen LogP contribution < -0.4 is 5.32 Å². The zero-order valence-corrected chi connectivity index (χ0v) is 12.1. The number of amides is 1. The van der Waals surface area contributed by atoms with Gasteiger partial charge < -0.3 is 10.4 Å². The third-order valence-corrected chi connectivity index (χ3v) is 3.55. The predicted molar refractivity (Wildman–Crippen MR) is 77.6 cm³/mol. The number of carboxylic acid groups (broad SMARTS) is 1. The number of benzene rings is 1. The lowest BCUT2D eigenvalue weighted by Gasteiger charge is -2.08. The molecule has 2 aromatic rings. The molecule has 0 aliphatic rings. The summed E-state index contributed by atoms with van der Waals surface area (Å²) in [4.78, 5) is 27.1. The molecule has 0 saturated carbocycles. The van der Waals surface area contributed by atoms with Crippen molar-refractivity contribution < 1.29 is 14.7 Å². The second-order valence-corrected chi connectivity index (χ2v) is 5.58. The minimum atomic E-state index is -1.12. The molecule has 1 heterocycles. The van der Waals surface area contributed by atoms with E-state index in [1.807, 2.05) is 6.92 Å². The summed E-state index contributed by atoms with van der Waals surface area (Å²) >= 11 is 7.27. The number of nitrogens with one attached hydrogen (secondary N) is 1. The Morgan fingerprint density at radius 3 is 2.80 bits per heavy atom. The van der Waals surface area contributed by atoms with Gasteiger partial charge in [0.25, 0.3) is 0 Å². The summed E-state index contributed by atoms with van der Waals surface area (Å²) in [5.74, 6) is -1.46. The Morgan fingerprint density at radius 2 is 2.20 bits per heavy atom. The highest BCUT2D eigenvalue weighted by molar-refractivity contribution is 7.09. The van der Waals surface area contributed by atoms with Gasteiger partial charge in [-0.15, -0.1) is 11.3 Å². The Labute approximate surface area is 124 Å². The zero-order chi connectivity index (χ0) is 14.7. The summed E-state index contributed by atoms with van der Waals surface area (Å²) in [6.45, 7) is 1.85. The Kier molecular flexibility index (Phi) is 4.36. The smallest absolute Gasteiger partial charge is 0.337 e. The number of aryl methyl sites for hydroxylation is 1. The number of aromatic nitrogens is 1. The Bertz CT molecular complexity index is 669. The molecule has 0 spiro atoms. The van der Waals surface area contributed by atoms with Crippen molar-refractivity contribution in [2.24, 2.45) is 0 Å². The van der Waals surface area contributed by atoms with Crippen LogP contribution in [0.25, 0.3) is 0 Å². The molecule has 2 N–H and O–H groups in total. The standard InChI is InChI=1S/C13H11ClN2O3S/c1-7-15-9(6-20-7)5-12(17)16-11-4-8(14)2-3-10(11)13(18)19/h2-4,6H,5H2,1H3,(H,16,17)(H,18,19). The molecule has 0 bridgehead atoms. The van der Waals surface area contributed by atoms with Crippen molar-refractivity contribution in [3.05, 3.63) is 44.9 Å². The number of hydrogen-bond donors (Lipinski definition) is 2. The summed E-state index contributed by atoms with van der Waals surface area (Å²) in [6, 6.07) is 4.23. The molecular formula is C13H11ClN2O3S. The minimum absolute atomic E-state index is 0.00258. The number of carboxylic acids is 1. The van der Waals surface area contributed by atoms with E-state index in [9.17, 15) is 9.59 Å². The summed E-state index contributed by atoms with van der Waals surface area (Å²) in [5.41, 5.74) is 0.836. The lowest BCUT2D eigenvalue weighted by Crippen LogP contribution is -2.17. The second-order valence-electron chi connectivity index (χ2n) is 4.08. The van der Waals surface area contributed by atoms with Crippen LogP contribution in [-0.2, 0) is 11.2 Å². The van der Waals surface area contributed by atoms with Crippen LogP contribution in [0, 0.1) is 6.92 Å². The first-order chi connectivity index (χ1) is 9.45. The number of hydrogen-bond acceptors (Lipinski definition) is 4. The van der Waals surface area contributed by atoms with Crippen molar-refractivity contribution >= 4 is 40.5 Å². The van der Waals surface area contributed by atoms with Crippen molar-refractivity contribution in [2.45, 2.75) is 13.3 Å². The Hall–Kier alpha value is -1.92. The topological polar surface area (TPSA) is 79.3 Å². The van der Waals surface area contributed by atoms with Crippen LogP contribution in [-0.4, -0.2) is 22.0 Å². The fraction of sp³-hybridized carbons (Fsp3) is 0.154. The molecule has 1 aromatic heterocycles. The number of anilines is 1. The monoisotopic (exact) mass is 310 g/mol. The van der Waals surface area contributed by atoms with Gasteiger partial charge in [0, 0.05) is 10.4 Å². The number of thiazole rings is 1. The quantitative estimate of drug-likeness (QED) is 0.910. The van der Waals surface area contributed by atoms with E-state index in [0.717, 1.165) is 5.01 Å². The number of nitrogens with zero attached hydrogens (tertiary/aromatic N) is 1. The van der Waals surface area contributed by atoms with Crippen molar-refractivity contribution in [3.63, 3.8) is 0 Å². The van der Waals surface area contributed by atoms with E-state index < -0.39 is 5.97 Å². The summed E-state index contributed by atoms with van der Waals surface area (Å²) < 4.78 is 0. The molecule has 104 valence electrons. The summed E-state index contributed by atoms with van der Waals surface area (Å²) in [7, 11) is 0. The van der Waals surface area contributed by atoms with E-state index in [4.69, 9.17) is 16.7 Å². The highest BCUT2D eigenvalue weighted by atomic mass is 35.5. The molecule has 0 fully saturated rings. The second kappa shape index (κ2) is 6.02. The van der Waals surface area contributed by atoms with Gasteiger partial charge in [-0.25, -0.2) is 9.78 Å². The maximum atomic E-state index is 11.9. The van der Waals surface area contributed by atoms with Crippen molar-refractivity contribution in [3.8, 4) is 0 Å². The average Bonchev–Trinajstić information content (AvgIpc) is 2.74. The van der Waals surface area contributed by atoms with E-state index >= 15 is 0 Å². The van der Waals surface area contributed by atoms with Crippen LogP contribution in [0.15, 0.2) is 23.6 Å². The van der Waals surface area contributed by atoms with Crippen LogP contribution in [0.5, 0.6) is 0 Å². The zero-order valence-electron chi connectivity index (χ0n) is 10.5. The van der Waals surface area contributed by atoms with Crippen LogP contribution in [0.3, 0.4) is 0 Å². The van der Waals surface area contributed by atoms with Gasteiger partial charge in [0.2, 0.25) is 5.91 Å². The number of carbonyl (C=O) groups is 2. The number of halogens is 1. The molecule has 0 unspecified atom stereocenters. The first kappa shape index (κ1) is 14.5.